The van der Waals surface area contributed by atoms with Gasteiger partial charge in [0.2, 0.25) is 0 Å². The summed E-state index contributed by atoms with van der Waals surface area (Å²) in [6, 6.07) is 1.76. The largest absolute Gasteiger partial charge is 0.480 e. The summed E-state index contributed by atoms with van der Waals surface area (Å²) in [5.74, 6) is 1.08. The van der Waals surface area contributed by atoms with E-state index in [1.54, 1.807) is 0 Å². The van der Waals surface area contributed by atoms with Crippen LogP contribution in [0.25, 0.3) is 0 Å². The molecule has 4 nitrogen and oxygen atoms in total. The van der Waals surface area contributed by atoms with Gasteiger partial charge in [0.1, 0.15) is 17.6 Å². The molecule has 0 radical (unpaired) electrons. The Hall–Kier alpha value is -1.29. The van der Waals surface area contributed by atoms with Crippen LogP contribution in [0.2, 0.25) is 0 Å². The van der Waals surface area contributed by atoms with Gasteiger partial charge in [-0.15, -0.1) is 0 Å². The fourth-order valence-electron chi connectivity index (χ4n) is 2.93. The van der Waals surface area contributed by atoms with E-state index >= 15 is 0 Å². The summed E-state index contributed by atoms with van der Waals surface area (Å²) in [5.41, 5.74) is 1.11. The average molecular weight is 251 g/mol. The molecule has 0 spiro atoms. The molecule has 1 aromatic heterocycles. The minimum atomic E-state index is -0.709. The molecule has 1 fully saturated rings. The second-order valence-electron chi connectivity index (χ2n) is 5.13. The molecule has 0 bridgehead atoms. The van der Waals surface area contributed by atoms with Crippen molar-refractivity contribution in [2.75, 3.05) is 6.54 Å². The van der Waals surface area contributed by atoms with Gasteiger partial charge < -0.3 is 9.52 Å². The average Bonchev–Trinajstić information content (AvgIpc) is 2.67. The molecule has 0 aromatic carbocycles. The van der Waals surface area contributed by atoms with Crippen LogP contribution in [-0.2, 0) is 4.79 Å². The number of carbonyl (C=O) groups is 1. The van der Waals surface area contributed by atoms with E-state index in [2.05, 4.69) is 11.8 Å². The maximum atomic E-state index is 11.3. The van der Waals surface area contributed by atoms with Crippen molar-refractivity contribution in [2.24, 2.45) is 0 Å². The number of nitrogens with zero attached hydrogens (tertiary/aromatic N) is 1. The maximum Gasteiger partial charge on any atom is 0.320 e. The van der Waals surface area contributed by atoms with Crippen molar-refractivity contribution < 1.29 is 14.3 Å². The molecule has 1 aliphatic heterocycles. The SMILES string of the molecule is Cc1cc(C(C)N2CCCCC2C(=O)O)c(C)o1. The van der Waals surface area contributed by atoms with E-state index in [4.69, 9.17) is 4.42 Å². The number of hydrogen-bond acceptors (Lipinski definition) is 3. The molecule has 4 heteroatoms. The predicted molar refractivity (Wildman–Crippen MR) is 68.6 cm³/mol. The topological polar surface area (TPSA) is 53.7 Å². The van der Waals surface area contributed by atoms with Gasteiger partial charge in [0, 0.05) is 11.6 Å². The summed E-state index contributed by atoms with van der Waals surface area (Å²) >= 11 is 0. The number of carboxylic acids is 1. The first-order valence-electron chi connectivity index (χ1n) is 6.56. The van der Waals surface area contributed by atoms with E-state index < -0.39 is 5.97 Å². The van der Waals surface area contributed by atoms with Gasteiger partial charge in [0.15, 0.2) is 0 Å². The van der Waals surface area contributed by atoms with Crippen LogP contribution < -0.4 is 0 Å². The molecule has 2 heterocycles. The van der Waals surface area contributed by atoms with E-state index in [1.807, 2.05) is 19.9 Å². The Balaban J connectivity index is 2.23. The molecule has 0 aliphatic carbocycles. The molecule has 0 saturated carbocycles. The quantitative estimate of drug-likeness (QED) is 0.897. The number of furan rings is 1. The number of likely N-dealkylation sites (tertiary alicyclic amines) is 1. The highest BCUT2D eigenvalue weighted by Gasteiger charge is 2.33. The highest BCUT2D eigenvalue weighted by atomic mass is 16.4. The lowest BCUT2D eigenvalue weighted by atomic mass is 9.97. The third-order valence-electron chi connectivity index (χ3n) is 3.86. The smallest absolute Gasteiger partial charge is 0.320 e. The number of rotatable bonds is 3. The van der Waals surface area contributed by atoms with Crippen molar-refractivity contribution in [3.05, 3.63) is 23.2 Å². The monoisotopic (exact) mass is 251 g/mol. The summed E-state index contributed by atoms with van der Waals surface area (Å²) in [7, 11) is 0. The fraction of sp³-hybridized carbons (Fsp3) is 0.643. The molecule has 100 valence electrons. The van der Waals surface area contributed by atoms with Crippen LogP contribution in [-0.4, -0.2) is 28.6 Å². The maximum absolute atomic E-state index is 11.3. The Kier molecular flexibility index (Phi) is 3.76. The molecule has 1 aliphatic rings. The van der Waals surface area contributed by atoms with Gasteiger partial charge >= 0.3 is 5.97 Å². The van der Waals surface area contributed by atoms with E-state index in [1.165, 1.54) is 0 Å². The van der Waals surface area contributed by atoms with Crippen LogP contribution in [0.4, 0.5) is 0 Å². The van der Waals surface area contributed by atoms with Crippen molar-refractivity contribution in [2.45, 2.75) is 52.1 Å². The molecule has 2 rings (SSSR count). The molecule has 1 aromatic rings. The van der Waals surface area contributed by atoms with E-state index in [9.17, 15) is 9.90 Å². The number of aryl methyl sites for hydroxylation is 2. The number of hydrogen-bond donors (Lipinski definition) is 1. The first-order chi connectivity index (χ1) is 8.50. The molecule has 1 N–H and O–H groups in total. The normalized spacial score (nSPS) is 22.9. The molecule has 2 atom stereocenters. The lowest BCUT2D eigenvalue weighted by Gasteiger charge is -2.37. The standard InChI is InChI=1S/C14H21NO3/c1-9-8-12(11(3)18-9)10(2)15-7-5-4-6-13(15)14(16)17/h8,10,13H,4-7H2,1-3H3,(H,16,17). The minimum Gasteiger partial charge on any atom is -0.480 e. The molecule has 2 unspecified atom stereocenters. The van der Waals surface area contributed by atoms with Crippen LogP contribution in [0, 0.1) is 13.8 Å². The molecule has 1 saturated heterocycles. The minimum absolute atomic E-state index is 0.101. The van der Waals surface area contributed by atoms with Crippen LogP contribution in [0.5, 0.6) is 0 Å². The lowest BCUT2D eigenvalue weighted by Crippen LogP contribution is -2.45. The van der Waals surface area contributed by atoms with Crippen LogP contribution in [0.15, 0.2) is 10.5 Å². The van der Waals surface area contributed by atoms with Crippen LogP contribution in [0.1, 0.15) is 49.3 Å². The van der Waals surface area contributed by atoms with Gasteiger partial charge in [-0.1, -0.05) is 6.42 Å². The zero-order chi connectivity index (χ0) is 13.3. The summed E-state index contributed by atoms with van der Waals surface area (Å²) in [6.45, 7) is 6.78. The third-order valence-corrected chi connectivity index (χ3v) is 3.86. The van der Waals surface area contributed by atoms with Gasteiger partial charge in [-0.2, -0.15) is 0 Å². The zero-order valence-electron chi connectivity index (χ0n) is 11.3. The lowest BCUT2D eigenvalue weighted by molar-refractivity contribution is -0.145. The van der Waals surface area contributed by atoms with Crippen molar-refractivity contribution in [3.63, 3.8) is 0 Å². The molecule has 0 amide bonds. The number of piperidine rings is 1. The summed E-state index contributed by atoms with van der Waals surface area (Å²) in [4.78, 5) is 13.4. The van der Waals surface area contributed by atoms with Gasteiger partial charge in [-0.25, -0.2) is 0 Å². The Labute approximate surface area is 108 Å². The van der Waals surface area contributed by atoms with Gasteiger partial charge in [-0.05, 0) is 46.2 Å². The Morgan fingerprint density at radius 2 is 2.22 bits per heavy atom. The van der Waals surface area contributed by atoms with Gasteiger partial charge in [0.25, 0.3) is 0 Å². The van der Waals surface area contributed by atoms with Crippen molar-refractivity contribution >= 4 is 5.97 Å². The van der Waals surface area contributed by atoms with Crippen LogP contribution >= 0.6 is 0 Å². The van der Waals surface area contributed by atoms with Crippen molar-refractivity contribution in [1.29, 1.82) is 0 Å². The van der Waals surface area contributed by atoms with E-state index in [0.717, 1.165) is 42.9 Å². The number of carboxylic acid groups (broad SMARTS) is 1. The summed E-state index contributed by atoms with van der Waals surface area (Å²) in [5, 5.41) is 9.31. The molecular weight excluding hydrogens is 230 g/mol. The third kappa shape index (κ3) is 2.43. The second-order valence-corrected chi connectivity index (χ2v) is 5.13. The second kappa shape index (κ2) is 5.14. The highest BCUT2D eigenvalue weighted by molar-refractivity contribution is 5.73. The van der Waals surface area contributed by atoms with E-state index in [-0.39, 0.29) is 12.1 Å². The first-order valence-corrected chi connectivity index (χ1v) is 6.56. The van der Waals surface area contributed by atoms with Crippen molar-refractivity contribution in [1.82, 2.24) is 4.90 Å². The Morgan fingerprint density at radius 1 is 1.50 bits per heavy atom. The zero-order valence-corrected chi connectivity index (χ0v) is 11.3. The fourth-order valence-corrected chi connectivity index (χ4v) is 2.93. The predicted octanol–water partition coefficient (Wildman–Crippen LogP) is 2.90. The molecule has 18 heavy (non-hydrogen) atoms. The molecular formula is C14H21NO3. The first kappa shape index (κ1) is 13.1. The Bertz CT molecular complexity index is 438. The highest BCUT2D eigenvalue weighted by Crippen LogP contribution is 2.31. The van der Waals surface area contributed by atoms with Crippen LogP contribution in [0.3, 0.4) is 0 Å². The van der Waals surface area contributed by atoms with Gasteiger partial charge in [-0.3, -0.25) is 9.69 Å². The summed E-state index contributed by atoms with van der Waals surface area (Å²) < 4.78 is 5.55. The van der Waals surface area contributed by atoms with Gasteiger partial charge in [0.05, 0.1) is 0 Å². The van der Waals surface area contributed by atoms with E-state index in [0.29, 0.717) is 0 Å². The summed E-state index contributed by atoms with van der Waals surface area (Å²) in [6.07, 6.45) is 2.82. The van der Waals surface area contributed by atoms with Crippen molar-refractivity contribution in [3.8, 4) is 0 Å². The number of aliphatic carboxylic acids is 1. The Morgan fingerprint density at radius 3 is 2.78 bits per heavy atom.